The number of ether oxygens (including phenoxy) is 4. The molecule has 4 aliphatic rings. The van der Waals surface area contributed by atoms with Crippen LogP contribution < -0.4 is 14.4 Å². The molecular formula is C34H33ClF3N5O5. The molecule has 8 rings (SSSR count). The van der Waals surface area contributed by atoms with Crippen LogP contribution in [0.2, 0.25) is 5.02 Å². The number of hydrogen-bond donors (Lipinski definition) is 0. The van der Waals surface area contributed by atoms with Crippen LogP contribution in [0.1, 0.15) is 48.1 Å². The van der Waals surface area contributed by atoms with Crippen molar-refractivity contribution >= 4 is 34.3 Å². The number of alkyl halides is 2. The number of para-hydroxylation sites is 1. The molecule has 4 atom stereocenters. The Hall–Kier alpha value is -4.07. The van der Waals surface area contributed by atoms with E-state index in [1.54, 1.807) is 22.9 Å². The number of piperazine rings is 1. The number of carbonyl (C=O) groups excluding carboxylic acids is 1. The number of halogens is 4. The molecule has 1 saturated heterocycles. The van der Waals surface area contributed by atoms with Crippen molar-refractivity contribution in [3.63, 3.8) is 0 Å². The molecular weight excluding hydrogens is 651 g/mol. The van der Waals surface area contributed by atoms with Crippen molar-refractivity contribution in [1.29, 1.82) is 0 Å². The molecule has 0 bridgehead atoms. The maximum Gasteiger partial charge on any atom is 0.338 e. The van der Waals surface area contributed by atoms with Crippen molar-refractivity contribution in [1.82, 2.24) is 19.4 Å². The quantitative estimate of drug-likeness (QED) is 0.199. The second-order valence-electron chi connectivity index (χ2n) is 12.8. The van der Waals surface area contributed by atoms with Gasteiger partial charge in [0.1, 0.15) is 23.1 Å². The van der Waals surface area contributed by atoms with Gasteiger partial charge in [0.15, 0.2) is 17.3 Å². The highest BCUT2D eigenvalue weighted by Gasteiger charge is 2.58. The summed E-state index contributed by atoms with van der Waals surface area (Å²) in [6, 6.07) is 12.4. The third-order valence-electron chi connectivity index (χ3n) is 9.82. The van der Waals surface area contributed by atoms with E-state index in [0.717, 1.165) is 24.6 Å². The van der Waals surface area contributed by atoms with Crippen LogP contribution in [-0.4, -0.2) is 76.3 Å². The van der Waals surface area contributed by atoms with Crippen molar-refractivity contribution in [2.75, 3.05) is 31.7 Å². The lowest BCUT2D eigenvalue weighted by atomic mass is 9.81. The number of nitrogens with zero attached hydrogens (tertiary/aromatic N) is 5. The first-order chi connectivity index (χ1) is 23.0. The number of aromatic nitrogens is 3. The normalized spacial score (nSPS) is 25.5. The number of pyridine rings is 1. The Balaban J connectivity index is 1.04. The lowest BCUT2D eigenvalue weighted by Gasteiger charge is -2.54. The Morgan fingerprint density at radius 1 is 1.12 bits per heavy atom. The standard InChI is InChI=1S/C34H33ClF3N5O5/c1-33(27-9-6-20(35)17-39-27)47-26-5-3-4-24(31(26)48-33)42-11-10-41(22-7-8-23(22)42)18-29-40-30-21(36)14-19(32(44)45-2)15-25(30)43(29)12-13-46-28-16-34(28,37)38/h3-6,9,14-15,17,22-23,28H,7-8,10-13,16,18H2,1-2H3/t22-,23-,28?,33?/m1/s1. The van der Waals surface area contributed by atoms with Gasteiger partial charge in [-0.1, -0.05) is 17.7 Å². The minimum absolute atomic E-state index is 0.00569. The highest BCUT2D eigenvalue weighted by atomic mass is 35.5. The Morgan fingerprint density at radius 2 is 1.94 bits per heavy atom. The van der Waals surface area contributed by atoms with Gasteiger partial charge < -0.3 is 28.4 Å². The van der Waals surface area contributed by atoms with E-state index in [4.69, 9.17) is 30.5 Å². The summed E-state index contributed by atoms with van der Waals surface area (Å²) >= 11 is 6.06. The zero-order valence-electron chi connectivity index (χ0n) is 26.3. The van der Waals surface area contributed by atoms with Crippen LogP contribution in [0.4, 0.5) is 18.9 Å². The van der Waals surface area contributed by atoms with E-state index in [-0.39, 0.29) is 42.7 Å². The van der Waals surface area contributed by atoms with E-state index >= 15 is 4.39 Å². The molecule has 0 N–H and O–H groups in total. The van der Waals surface area contributed by atoms with Gasteiger partial charge >= 0.3 is 5.97 Å². The summed E-state index contributed by atoms with van der Waals surface area (Å²) in [4.78, 5) is 26.1. The predicted molar refractivity (Wildman–Crippen MR) is 169 cm³/mol. The number of fused-ring (bicyclic) bond motifs is 3. The number of carbonyl (C=O) groups is 1. The maximum absolute atomic E-state index is 15.3. The van der Waals surface area contributed by atoms with Crippen LogP contribution in [0.5, 0.6) is 11.5 Å². The van der Waals surface area contributed by atoms with Crippen molar-refractivity contribution in [3.05, 3.63) is 76.6 Å². The Labute approximate surface area is 279 Å². The molecule has 0 spiro atoms. The molecule has 14 heteroatoms. The largest absolute Gasteiger partial charge is 0.465 e. The predicted octanol–water partition coefficient (Wildman–Crippen LogP) is 5.93. The SMILES string of the molecule is COC(=O)c1cc(F)c2nc(CN3CCN(c4cccc5c4OC(C)(c4ccc(Cl)cn4)O5)[C@@H]4CC[C@H]43)n(CCOC3CC3(F)F)c2c1. The van der Waals surface area contributed by atoms with Crippen LogP contribution in [0.3, 0.4) is 0 Å². The second-order valence-corrected chi connectivity index (χ2v) is 13.2. The maximum atomic E-state index is 15.3. The zero-order valence-corrected chi connectivity index (χ0v) is 27.1. The summed E-state index contributed by atoms with van der Waals surface area (Å²) in [5.74, 6) is -3.39. The molecule has 0 radical (unpaired) electrons. The van der Waals surface area contributed by atoms with Crippen molar-refractivity contribution in [2.45, 2.75) is 69.2 Å². The number of imidazole rings is 1. The molecule has 2 aliphatic carbocycles. The van der Waals surface area contributed by atoms with Crippen LogP contribution >= 0.6 is 11.6 Å². The molecule has 252 valence electrons. The highest BCUT2D eigenvalue weighted by molar-refractivity contribution is 6.30. The van der Waals surface area contributed by atoms with E-state index in [1.165, 1.54) is 13.2 Å². The summed E-state index contributed by atoms with van der Waals surface area (Å²) < 4.78 is 67.1. The molecule has 10 nitrogen and oxygen atoms in total. The first-order valence-electron chi connectivity index (χ1n) is 15.9. The number of benzene rings is 2. The van der Waals surface area contributed by atoms with Crippen molar-refractivity contribution < 1.29 is 36.9 Å². The van der Waals surface area contributed by atoms with Gasteiger partial charge in [0.25, 0.3) is 11.7 Å². The van der Waals surface area contributed by atoms with Crippen LogP contribution in [0.25, 0.3) is 11.0 Å². The number of hydrogen-bond acceptors (Lipinski definition) is 9. The third kappa shape index (κ3) is 5.32. The topological polar surface area (TPSA) is 91.2 Å². The molecule has 2 unspecified atom stereocenters. The summed E-state index contributed by atoms with van der Waals surface area (Å²) in [5.41, 5.74) is 2.08. The Bertz CT molecular complexity index is 1910. The van der Waals surface area contributed by atoms with Gasteiger partial charge in [0.2, 0.25) is 0 Å². The Morgan fingerprint density at radius 3 is 2.65 bits per heavy atom. The van der Waals surface area contributed by atoms with Crippen LogP contribution in [0, 0.1) is 5.82 Å². The molecule has 2 aromatic heterocycles. The Kier molecular flexibility index (Phi) is 7.49. The lowest BCUT2D eigenvalue weighted by Crippen LogP contribution is -2.64. The van der Waals surface area contributed by atoms with Gasteiger partial charge in [-0.15, -0.1) is 0 Å². The second kappa shape index (κ2) is 11.5. The van der Waals surface area contributed by atoms with Gasteiger partial charge in [-0.05, 0) is 49.2 Å². The smallest absolute Gasteiger partial charge is 0.338 e. The van der Waals surface area contributed by atoms with Gasteiger partial charge in [0, 0.05) is 51.3 Å². The molecule has 4 aromatic rings. The molecule has 2 aromatic carbocycles. The fourth-order valence-electron chi connectivity index (χ4n) is 7.08. The van der Waals surface area contributed by atoms with Crippen LogP contribution in [0.15, 0.2) is 48.7 Å². The summed E-state index contributed by atoms with van der Waals surface area (Å²) in [6.07, 6.45) is 2.07. The first kappa shape index (κ1) is 31.2. The summed E-state index contributed by atoms with van der Waals surface area (Å²) in [7, 11) is 1.23. The van der Waals surface area contributed by atoms with Crippen molar-refractivity contribution in [2.24, 2.45) is 0 Å². The third-order valence-corrected chi connectivity index (χ3v) is 10.0. The number of esters is 1. The number of methoxy groups -OCH3 is 1. The summed E-state index contributed by atoms with van der Waals surface area (Å²) in [5, 5.41) is 0.523. The first-order valence-corrected chi connectivity index (χ1v) is 16.3. The zero-order chi connectivity index (χ0) is 33.4. The molecule has 0 amide bonds. The fraction of sp³-hybridized carbons (Fsp3) is 0.441. The fourth-order valence-corrected chi connectivity index (χ4v) is 7.19. The average molecular weight is 684 g/mol. The highest BCUT2D eigenvalue weighted by Crippen LogP contribution is 2.51. The van der Waals surface area contributed by atoms with Gasteiger partial charge in [-0.2, -0.15) is 0 Å². The van der Waals surface area contributed by atoms with E-state index < -0.39 is 29.6 Å². The van der Waals surface area contributed by atoms with E-state index in [1.807, 2.05) is 25.1 Å². The van der Waals surface area contributed by atoms with Crippen molar-refractivity contribution in [3.8, 4) is 11.5 Å². The molecule has 3 fully saturated rings. The summed E-state index contributed by atoms with van der Waals surface area (Å²) in [6.45, 7) is 3.79. The molecule has 48 heavy (non-hydrogen) atoms. The van der Waals surface area contributed by atoms with Gasteiger partial charge in [-0.3, -0.25) is 9.88 Å². The number of anilines is 1. The van der Waals surface area contributed by atoms with E-state index in [2.05, 4.69) is 19.8 Å². The van der Waals surface area contributed by atoms with Gasteiger partial charge in [-0.25, -0.2) is 22.9 Å². The minimum Gasteiger partial charge on any atom is -0.465 e. The average Bonchev–Trinajstić information content (AvgIpc) is 3.32. The minimum atomic E-state index is -2.82. The van der Waals surface area contributed by atoms with Crippen LogP contribution in [-0.2, 0) is 28.4 Å². The van der Waals surface area contributed by atoms with Gasteiger partial charge in [0.05, 0.1) is 42.1 Å². The molecule has 2 saturated carbocycles. The van der Waals surface area contributed by atoms with E-state index in [9.17, 15) is 13.6 Å². The molecule has 4 heterocycles. The monoisotopic (exact) mass is 683 g/mol. The van der Waals surface area contributed by atoms with E-state index in [0.29, 0.717) is 53.2 Å². The lowest BCUT2D eigenvalue weighted by molar-refractivity contribution is -0.0717. The molecule has 2 aliphatic heterocycles. The number of rotatable bonds is 9.